The van der Waals surface area contributed by atoms with Gasteiger partial charge in [0.05, 0.1) is 11.0 Å². The lowest BCUT2D eigenvalue weighted by Gasteiger charge is -2.09. The molecule has 0 saturated carbocycles. The third-order valence-corrected chi connectivity index (χ3v) is 5.25. The summed E-state index contributed by atoms with van der Waals surface area (Å²) >= 11 is 3.36. The van der Waals surface area contributed by atoms with Gasteiger partial charge in [0.1, 0.15) is 12.4 Å². The average Bonchev–Trinajstić information content (AvgIpc) is 2.29. The van der Waals surface area contributed by atoms with Gasteiger partial charge in [-0.2, -0.15) is 0 Å². The Bertz CT molecular complexity index is 437. The van der Waals surface area contributed by atoms with Gasteiger partial charge in [0.25, 0.3) is 0 Å². The molecule has 0 aliphatic heterocycles. The lowest BCUT2D eigenvalue weighted by molar-refractivity contribution is 0.340. The van der Waals surface area contributed by atoms with Gasteiger partial charge in [-0.15, -0.1) is 0 Å². The van der Waals surface area contributed by atoms with E-state index >= 15 is 0 Å². The van der Waals surface area contributed by atoms with Gasteiger partial charge < -0.3 is 4.74 Å². The zero-order chi connectivity index (χ0) is 12.9. The topological polar surface area (TPSA) is 43.4 Å². The van der Waals surface area contributed by atoms with Crippen LogP contribution in [0.15, 0.2) is 24.3 Å². The number of hydrogen-bond acceptors (Lipinski definition) is 3. The number of hydrogen-bond donors (Lipinski definition) is 0. The van der Waals surface area contributed by atoms with E-state index in [1.54, 1.807) is 13.8 Å². The fraction of sp³-hybridized carbons (Fsp3) is 0.500. The van der Waals surface area contributed by atoms with Crippen molar-refractivity contribution in [1.82, 2.24) is 0 Å². The summed E-state index contributed by atoms with van der Waals surface area (Å²) in [6, 6.07) is 7.58. The van der Waals surface area contributed by atoms with E-state index in [2.05, 4.69) is 15.9 Å². The van der Waals surface area contributed by atoms with Crippen LogP contribution in [0.4, 0.5) is 0 Å². The number of rotatable bonds is 6. The molecule has 1 aromatic carbocycles. The molecule has 0 N–H and O–H groups in total. The Balaban J connectivity index is 2.46. The van der Waals surface area contributed by atoms with Crippen LogP contribution >= 0.6 is 15.9 Å². The molecular weight excluding hydrogens is 304 g/mol. The molecule has 1 rings (SSSR count). The molecule has 5 heteroatoms. The minimum atomic E-state index is -3.01. The first-order chi connectivity index (χ1) is 7.95. The number of sulfone groups is 1. The van der Waals surface area contributed by atoms with Gasteiger partial charge in [0.15, 0.2) is 9.84 Å². The third-order valence-electron chi connectivity index (χ3n) is 2.43. The standard InChI is InChI=1S/C12H17BrO3S/c1-10(2)17(14,15)8-7-16-12-5-3-11(9-13)4-6-12/h3-6,10H,7-9H2,1-2H3. The molecule has 1 aromatic rings. The van der Waals surface area contributed by atoms with Crippen LogP contribution in [0.5, 0.6) is 5.75 Å². The van der Waals surface area contributed by atoms with Crippen LogP contribution in [-0.4, -0.2) is 26.0 Å². The zero-order valence-corrected chi connectivity index (χ0v) is 12.4. The summed E-state index contributed by atoms with van der Waals surface area (Å²) < 4.78 is 28.5. The Hall–Kier alpha value is -0.550. The van der Waals surface area contributed by atoms with Gasteiger partial charge in [-0.25, -0.2) is 8.42 Å². The average molecular weight is 321 g/mol. The van der Waals surface area contributed by atoms with Crippen LogP contribution in [0.1, 0.15) is 19.4 Å². The first kappa shape index (κ1) is 14.5. The Labute approximate surface area is 111 Å². The molecule has 0 atom stereocenters. The molecule has 0 heterocycles. The van der Waals surface area contributed by atoms with E-state index in [1.807, 2.05) is 24.3 Å². The van der Waals surface area contributed by atoms with Crippen LogP contribution < -0.4 is 4.74 Å². The molecule has 0 unspecified atom stereocenters. The molecule has 0 saturated heterocycles. The highest BCUT2D eigenvalue weighted by atomic mass is 79.9. The Morgan fingerprint density at radius 2 is 1.82 bits per heavy atom. The Morgan fingerprint density at radius 1 is 1.24 bits per heavy atom. The van der Waals surface area contributed by atoms with Crippen molar-refractivity contribution in [2.45, 2.75) is 24.4 Å². The van der Waals surface area contributed by atoms with E-state index in [4.69, 9.17) is 4.74 Å². The Kier molecular flexibility index (Phi) is 5.46. The number of alkyl halides is 1. The summed E-state index contributed by atoms with van der Waals surface area (Å²) in [7, 11) is -3.01. The van der Waals surface area contributed by atoms with Crippen LogP contribution in [0.25, 0.3) is 0 Å². The van der Waals surface area contributed by atoms with E-state index in [9.17, 15) is 8.42 Å². The molecule has 0 amide bonds. The molecule has 0 aromatic heterocycles. The van der Waals surface area contributed by atoms with Gasteiger partial charge >= 0.3 is 0 Å². The zero-order valence-electron chi connectivity index (χ0n) is 10.0. The van der Waals surface area contributed by atoms with Crippen molar-refractivity contribution in [3.8, 4) is 5.75 Å². The second-order valence-corrected chi connectivity index (χ2v) is 7.28. The minimum absolute atomic E-state index is 0.0604. The predicted octanol–water partition coefficient (Wildman–Crippen LogP) is 2.78. The number of benzene rings is 1. The van der Waals surface area contributed by atoms with Gasteiger partial charge in [-0.05, 0) is 31.5 Å². The molecule has 0 bridgehead atoms. The molecule has 3 nitrogen and oxygen atoms in total. The maximum absolute atomic E-state index is 11.5. The van der Waals surface area contributed by atoms with Crippen molar-refractivity contribution < 1.29 is 13.2 Å². The minimum Gasteiger partial charge on any atom is -0.493 e. The summed E-state index contributed by atoms with van der Waals surface area (Å²) in [4.78, 5) is 0. The summed E-state index contributed by atoms with van der Waals surface area (Å²) in [6.07, 6.45) is 0. The van der Waals surface area contributed by atoms with Crippen molar-refractivity contribution in [3.05, 3.63) is 29.8 Å². The highest BCUT2D eigenvalue weighted by molar-refractivity contribution is 9.08. The van der Waals surface area contributed by atoms with Crippen molar-refractivity contribution in [1.29, 1.82) is 0 Å². The van der Waals surface area contributed by atoms with Crippen LogP contribution in [0.3, 0.4) is 0 Å². The maximum Gasteiger partial charge on any atom is 0.155 e. The van der Waals surface area contributed by atoms with Crippen LogP contribution in [0, 0.1) is 0 Å². The molecule has 0 radical (unpaired) electrons. The second kappa shape index (κ2) is 6.40. The Morgan fingerprint density at radius 3 is 2.29 bits per heavy atom. The normalized spacial score (nSPS) is 11.8. The second-order valence-electron chi connectivity index (χ2n) is 4.04. The van der Waals surface area contributed by atoms with Crippen LogP contribution in [-0.2, 0) is 15.2 Å². The lowest BCUT2D eigenvalue weighted by atomic mass is 10.2. The first-order valence-electron chi connectivity index (χ1n) is 5.45. The summed E-state index contributed by atoms with van der Waals surface area (Å²) in [6.45, 7) is 3.56. The fourth-order valence-corrected chi connectivity index (χ4v) is 2.35. The van der Waals surface area contributed by atoms with Crippen molar-refractivity contribution in [2.24, 2.45) is 0 Å². The molecule has 17 heavy (non-hydrogen) atoms. The van der Waals surface area contributed by atoms with Crippen molar-refractivity contribution >= 4 is 25.8 Å². The van der Waals surface area contributed by atoms with Gasteiger partial charge in [-0.1, -0.05) is 28.1 Å². The number of halogens is 1. The van der Waals surface area contributed by atoms with Gasteiger partial charge in [0.2, 0.25) is 0 Å². The van der Waals surface area contributed by atoms with Gasteiger partial charge in [0, 0.05) is 5.33 Å². The lowest BCUT2D eigenvalue weighted by Crippen LogP contribution is -2.21. The quantitative estimate of drug-likeness (QED) is 0.757. The molecule has 0 aliphatic carbocycles. The maximum atomic E-state index is 11.5. The fourth-order valence-electron chi connectivity index (χ4n) is 1.19. The molecular formula is C12H17BrO3S. The first-order valence-corrected chi connectivity index (χ1v) is 8.28. The van der Waals surface area contributed by atoms with E-state index in [-0.39, 0.29) is 17.6 Å². The summed E-state index contributed by atoms with van der Waals surface area (Å²) in [5.74, 6) is 0.763. The summed E-state index contributed by atoms with van der Waals surface area (Å²) in [5, 5.41) is 0.455. The molecule has 0 spiro atoms. The summed E-state index contributed by atoms with van der Waals surface area (Å²) in [5.41, 5.74) is 1.16. The highest BCUT2D eigenvalue weighted by Crippen LogP contribution is 2.14. The molecule has 0 fully saturated rings. The van der Waals surface area contributed by atoms with E-state index < -0.39 is 9.84 Å². The van der Waals surface area contributed by atoms with E-state index in [0.717, 1.165) is 10.9 Å². The number of ether oxygens (including phenoxy) is 1. The highest BCUT2D eigenvalue weighted by Gasteiger charge is 2.15. The van der Waals surface area contributed by atoms with Crippen molar-refractivity contribution in [3.63, 3.8) is 0 Å². The largest absolute Gasteiger partial charge is 0.493 e. The smallest absolute Gasteiger partial charge is 0.155 e. The van der Waals surface area contributed by atoms with E-state index in [1.165, 1.54) is 0 Å². The van der Waals surface area contributed by atoms with Gasteiger partial charge in [-0.3, -0.25) is 0 Å². The molecule has 96 valence electrons. The third kappa shape index (κ3) is 4.68. The monoisotopic (exact) mass is 320 g/mol. The molecule has 0 aliphatic rings. The van der Waals surface area contributed by atoms with E-state index in [0.29, 0.717) is 5.75 Å². The van der Waals surface area contributed by atoms with Crippen LogP contribution in [0.2, 0.25) is 0 Å². The predicted molar refractivity (Wildman–Crippen MR) is 73.5 cm³/mol. The van der Waals surface area contributed by atoms with Crippen molar-refractivity contribution in [2.75, 3.05) is 12.4 Å². The SMILES string of the molecule is CC(C)S(=O)(=O)CCOc1ccc(CBr)cc1.